The summed E-state index contributed by atoms with van der Waals surface area (Å²) in [5.41, 5.74) is 0.903. The first-order valence-corrected chi connectivity index (χ1v) is 6.93. The van der Waals surface area contributed by atoms with Crippen molar-refractivity contribution in [1.29, 1.82) is 0 Å². The zero-order chi connectivity index (χ0) is 15.9. The number of rotatable bonds is 6. The number of nitrogens with one attached hydrogen (secondary N) is 1. The lowest BCUT2D eigenvalue weighted by Crippen LogP contribution is -2.33. The van der Waals surface area contributed by atoms with E-state index in [0.29, 0.717) is 23.5 Å². The highest BCUT2D eigenvalue weighted by Gasteiger charge is 2.22. The Kier molecular flexibility index (Phi) is 5.14. The topological polar surface area (TPSA) is 75.6 Å². The third-order valence-electron chi connectivity index (χ3n) is 3.08. The van der Waals surface area contributed by atoms with Crippen LogP contribution < -0.4 is 10.1 Å². The molecule has 5 nitrogen and oxygen atoms in total. The van der Waals surface area contributed by atoms with Crippen LogP contribution >= 0.6 is 0 Å². The average Bonchev–Trinajstić information content (AvgIpc) is 2.54. The number of ether oxygens (including phenoxy) is 1. The number of amides is 1. The van der Waals surface area contributed by atoms with Gasteiger partial charge in [-0.1, -0.05) is 30.3 Å². The number of carbonyl (C=O) groups is 2. The second kappa shape index (κ2) is 7.26. The molecule has 1 unspecified atom stereocenters. The van der Waals surface area contributed by atoms with Crippen LogP contribution in [0.3, 0.4) is 0 Å². The van der Waals surface area contributed by atoms with E-state index in [1.54, 1.807) is 54.6 Å². The molecule has 1 atom stereocenters. The predicted molar refractivity (Wildman–Crippen MR) is 81.9 cm³/mol. The highest BCUT2D eigenvalue weighted by atomic mass is 16.5. The molecule has 114 valence electrons. The molecule has 0 saturated carbocycles. The maximum atomic E-state index is 12.2. The van der Waals surface area contributed by atoms with E-state index in [0.717, 1.165) is 0 Å². The van der Waals surface area contributed by atoms with Crippen LogP contribution in [0.5, 0.6) is 5.75 Å². The minimum absolute atomic E-state index is 0.380. The first-order chi connectivity index (χ1) is 10.6. The summed E-state index contributed by atoms with van der Waals surface area (Å²) in [4.78, 5) is 23.6. The van der Waals surface area contributed by atoms with Gasteiger partial charge in [0.15, 0.2) is 6.04 Å². The van der Waals surface area contributed by atoms with Crippen molar-refractivity contribution in [3.05, 3.63) is 65.7 Å². The number of hydrogen-bond acceptors (Lipinski definition) is 3. The molecule has 0 aliphatic carbocycles. The number of hydrogen-bond donors (Lipinski definition) is 2. The van der Waals surface area contributed by atoms with Crippen LogP contribution in [0.4, 0.5) is 0 Å². The van der Waals surface area contributed by atoms with Crippen LogP contribution in [0.2, 0.25) is 0 Å². The number of carboxylic acids is 1. The van der Waals surface area contributed by atoms with E-state index >= 15 is 0 Å². The first-order valence-electron chi connectivity index (χ1n) is 6.93. The molecule has 2 aromatic rings. The summed E-state index contributed by atoms with van der Waals surface area (Å²) >= 11 is 0. The van der Waals surface area contributed by atoms with Gasteiger partial charge < -0.3 is 15.2 Å². The standard InChI is InChI=1S/C17H17NO4/c1-2-22-14-10-8-13(9-11-14)16(19)18-15(17(20)21)12-6-4-3-5-7-12/h3-11,15H,2H2,1H3,(H,18,19)(H,20,21). The van der Waals surface area contributed by atoms with E-state index in [2.05, 4.69) is 5.32 Å². The fourth-order valence-electron chi connectivity index (χ4n) is 2.02. The number of aliphatic carboxylic acids is 1. The highest BCUT2D eigenvalue weighted by molar-refractivity contribution is 5.96. The monoisotopic (exact) mass is 299 g/mol. The lowest BCUT2D eigenvalue weighted by atomic mass is 10.1. The number of carboxylic acid groups (broad SMARTS) is 1. The van der Waals surface area contributed by atoms with Gasteiger partial charge in [-0.25, -0.2) is 4.79 Å². The fourth-order valence-corrected chi connectivity index (χ4v) is 2.02. The van der Waals surface area contributed by atoms with Gasteiger partial charge >= 0.3 is 5.97 Å². The Balaban J connectivity index is 2.13. The zero-order valence-corrected chi connectivity index (χ0v) is 12.2. The molecule has 2 rings (SSSR count). The van der Waals surface area contributed by atoms with Gasteiger partial charge in [-0.2, -0.15) is 0 Å². The lowest BCUT2D eigenvalue weighted by Gasteiger charge is -2.15. The third-order valence-corrected chi connectivity index (χ3v) is 3.08. The Hall–Kier alpha value is -2.82. The quantitative estimate of drug-likeness (QED) is 0.859. The molecule has 2 aromatic carbocycles. The highest BCUT2D eigenvalue weighted by Crippen LogP contribution is 2.16. The number of carbonyl (C=O) groups excluding carboxylic acids is 1. The van der Waals surface area contributed by atoms with Gasteiger partial charge in [-0.05, 0) is 36.8 Å². The fraction of sp³-hybridized carbons (Fsp3) is 0.176. The van der Waals surface area contributed by atoms with Crippen molar-refractivity contribution in [2.75, 3.05) is 6.61 Å². The molecule has 5 heteroatoms. The van der Waals surface area contributed by atoms with E-state index < -0.39 is 17.9 Å². The van der Waals surface area contributed by atoms with Gasteiger partial charge in [0.25, 0.3) is 5.91 Å². The Labute approximate surface area is 128 Å². The second-order valence-electron chi connectivity index (χ2n) is 4.61. The minimum Gasteiger partial charge on any atom is -0.494 e. The summed E-state index contributed by atoms with van der Waals surface area (Å²) in [5, 5.41) is 11.8. The maximum absolute atomic E-state index is 12.2. The summed E-state index contributed by atoms with van der Waals surface area (Å²) in [7, 11) is 0. The summed E-state index contributed by atoms with van der Waals surface area (Å²) in [5.74, 6) is -0.887. The van der Waals surface area contributed by atoms with Crippen molar-refractivity contribution < 1.29 is 19.4 Å². The van der Waals surface area contributed by atoms with Crippen LogP contribution in [0.25, 0.3) is 0 Å². The number of benzene rings is 2. The molecular formula is C17H17NO4. The SMILES string of the molecule is CCOc1ccc(C(=O)NC(C(=O)O)c2ccccc2)cc1. The van der Waals surface area contributed by atoms with Gasteiger partial charge in [0, 0.05) is 5.56 Å². The second-order valence-corrected chi connectivity index (χ2v) is 4.61. The van der Waals surface area contributed by atoms with E-state index in [9.17, 15) is 14.7 Å². The Bertz CT molecular complexity index is 637. The summed E-state index contributed by atoms with van der Waals surface area (Å²) in [6, 6.07) is 14.1. The van der Waals surface area contributed by atoms with E-state index in [4.69, 9.17) is 4.74 Å². The Morgan fingerprint density at radius 2 is 1.73 bits per heavy atom. The van der Waals surface area contributed by atoms with Gasteiger partial charge in [-0.3, -0.25) is 4.79 Å². The molecule has 0 radical (unpaired) electrons. The van der Waals surface area contributed by atoms with Crippen LogP contribution in [0, 0.1) is 0 Å². The van der Waals surface area contributed by atoms with Crippen LogP contribution in [-0.4, -0.2) is 23.6 Å². The molecule has 0 aliphatic rings. The summed E-state index contributed by atoms with van der Waals surface area (Å²) < 4.78 is 5.30. The van der Waals surface area contributed by atoms with E-state index in [1.165, 1.54) is 0 Å². The first kappa shape index (κ1) is 15.6. The smallest absolute Gasteiger partial charge is 0.330 e. The van der Waals surface area contributed by atoms with Crippen molar-refractivity contribution in [2.45, 2.75) is 13.0 Å². The molecule has 0 spiro atoms. The Morgan fingerprint density at radius 1 is 1.09 bits per heavy atom. The molecule has 22 heavy (non-hydrogen) atoms. The zero-order valence-electron chi connectivity index (χ0n) is 12.2. The molecule has 2 N–H and O–H groups in total. The molecule has 0 aromatic heterocycles. The average molecular weight is 299 g/mol. The largest absolute Gasteiger partial charge is 0.494 e. The molecule has 1 amide bonds. The molecule has 0 heterocycles. The minimum atomic E-state index is -1.11. The normalized spacial score (nSPS) is 11.5. The van der Waals surface area contributed by atoms with Gasteiger partial charge in [0.1, 0.15) is 5.75 Å². The van der Waals surface area contributed by atoms with Crippen LogP contribution in [0.15, 0.2) is 54.6 Å². The third kappa shape index (κ3) is 3.85. The van der Waals surface area contributed by atoms with Gasteiger partial charge in [0.2, 0.25) is 0 Å². The van der Waals surface area contributed by atoms with Crippen molar-refractivity contribution >= 4 is 11.9 Å². The van der Waals surface area contributed by atoms with Gasteiger partial charge in [0.05, 0.1) is 6.61 Å². The molecule has 0 fully saturated rings. The lowest BCUT2D eigenvalue weighted by molar-refractivity contribution is -0.139. The van der Waals surface area contributed by atoms with E-state index in [1.807, 2.05) is 6.92 Å². The van der Waals surface area contributed by atoms with Crippen molar-refractivity contribution in [3.8, 4) is 5.75 Å². The van der Waals surface area contributed by atoms with Crippen molar-refractivity contribution in [2.24, 2.45) is 0 Å². The van der Waals surface area contributed by atoms with Crippen molar-refractivity contribution in [3.63, 3.8) is 0 Å². The van der Waals surface area contributed by atoms with Gasteiger partial charge in [-0.15, -0.1) is 0 Å². The molecular weight excluding hydrogens is 282 g/mol. The summed E-state index contributed by atoms with van der Waals surface area (Å²) in [6.07, 6.45) is 0. The molecule has 0 bridgehead atoms. The predicted octanol–water partition coefficient (Wildman–Crippen LogP) is 2.64. The van der Waals surface area contributed by atoms with E-state index in [-0.39, 0.29) is 0 Å². The van der Waals surface area contributed by atoms with Crippen molar-refractivity contribution in [1.82, 2.24) is 5.32 Å². The molecule has 0 saturated heterocycles. The van der Waals surface area contributed by atoms with Crippen LogP contribution in [-0.2, 0) is 4.79 Å². The molecule has 0 aliphatic heterocycles. The van der Waals surface area contributed by atoms with Crippen LogP contribution in [0.1, 0.15) is 28.9 Å². The maximum Gasteiger partial charge on any atom is 0.330 e. The summed E-state index contributed by atoms with van der Waals surface area (Å²) in [6.45, 7) is 2.42. The Morgan fingerprint density at radius 3 is 2.27 bits per heavy atom.